The summed E-state index contributed by atoms with van der Waals surface area (Å²) in [6, 6.07) is 7.56. The van der Waals surface area contributed by atoms with E-state index < -0.39 is 17.0 Å². The zero-order chi connectivity index (χ0) is 16.2. The molecule has 0 aromatic heterocycles. The Bertz CT molecular complexity index is 720. The average Bonchev–Trinajstić information content (AvgIpc) is 3.21. The molecule has 0 atom stereocenters. The van der Waals surface area contributed by atoms with Crippen LogP contribution in [0.4, 0.5) is 10.5 Å². The molecule has 0 unspecified atom stereocenters. The number of ether oxygens (including phenoxy) is 1. The van der Waals surface area contributed by atoms with E-state index in [2.05, 4.69) is 15.4 Å². The van der Waals surface area contributed by atoms with Crippen molar-refractivity contribution in [3.8, 4) is 0 Å². The predicted molar refractivity (Wildman–Crippen MR) is 80.8 cm³/mol. The molecule has 23 heavy (non-hydrogen) atoms. The fraction of sp³-hybridized carbons (Fsp3) is 0.438. The van der Waals surface area contributed by atoms with Crippen molar-refractivity contribution in [2.45, 2.75) is 23.8 Å². The third-order valence-electron chi connectivity index (χ3n) is 5.02. The van der Waals surface area contributed by atoms with Gasteiger partial charge in [-0.1, -0.05) is 18.2 Å². The minimum Gasteiger partial charge on any atom is -0.453 e. The van der Waals surface area contributed by atoms with E-state index in [-0.39, 0.29) is 11.8 Å². The smallest absolute Gasteiger partial charge is 0.407 e. The maximum atomic E-state index is 12.6. The van der Waals surface area contributed by atoms with Crippen molar-refractivity contribution >= 4 is 23.6 Å². The van der Waals surface area contributed by atoms with Gasteiger partial charge in [0, 0.05) is 18.8 Å². The number of likely N-dealkylation sites (tertiary alicyclic amines) is 1. The normalized spacial score (nSPS) is 22.0. The van der Waals surface area contributed by atoms with Crippen LogP contribution < -0.4 is 10.6 Å². The molecule has 4 rings (SSSR count). The van der Waals surface area contributed by atoms with Crippen molar-refractivity contribution in [2.24, 2.45) is 0 Å². The quantitative estimate of drug-likeness (QED) is 0.837. The molecule has 1 aromatic carbocycles. The number of amides is 3. The number of para-hydroxylation sites is 1. The first kappa shape index (κ1) is 14.0. The van der Waals surface area contributed by atoms with Gasteiger partial charge in [-0.15, -0.1) is 0 Å². The van der Waals surface area contributed by atoms with Crippen LogP contribution in [0.15, 0.2) is 24.3 Å². The Morgan fingerprint density at radius 2 is 1.96 bits per heavy atom. The summed E-state index contributed by atoms with van der Waals surface area (Å²) in [4.78, 5) is 38.0. The Morgan fingerprint density at radius 1 is 1.26 bits per heavy atom. The van der Waals surface area contributed by atoms with Crippen molar-refractivity contribution < 1.29 is 19.1 Å². The molecule has 1 saturated carbocycles. The van der Waals surface area contributed by atoms with Crippen molar-refractivity contribution in [1.29, 1.82) is 0 Å². The third-order valence-corrected chi connectivity index (χ3v) is 5.02. The Hall–Kier alpha value is -2.57. The topological polar surface area (TPSA) is 87.7 Å². The number of hydrogen-bond acceptors (Lipinski definition) is 4. The van der Waals surface area contributed by atoms with Crippen molar-refractivity contribution in [3.63, 3.8) is 0 Å². The zero-order valence-corrected chi connectivity index (χ0v) is 12.7. The molecule has 7 heteroatoms. The van der Waals surface area contributed by atoms with Crippen LogP contribution in [-0.4, -0.2) is 48.5 Å². The highest BCUT2D eigenvalue weighted by Crippen LogP contribution is 2.47. The number of anilines is 1. The summed E-state index contributed by atoms with van der Waals surface area (Å²) in [5.41, 5.74) is 0.273. The molecule has 2 aliphatic heterocycles. The van der Waals surface area contributed by atoms with Gasteiger partial charge in [0.25, 0.3) is 0 Å². The number of fused-ring (bicyclic) bond motifs is 2. The molecule has 3 aliphatic rings. The summed E-state index contributed by atoms with van der Waals surface area (Å²) in [5.74, 6) is -0.195. The first-order chi connectivity index (χ1) is 11.0. The number of nitrogens with one attached hydrogen (secondary N) is 2. The van der Waals surface area contributed by atoms with Crippen LogP contribution in [0.25, 0.3) is 0 Å². The Kier molecular flexibility index (Phi) is 2.73. The Balaban J connectivity index is 1.51. The van der Waals surface area contributed by atoms with Crippen LogP contribution in [-0.2, 0) is 19.7 Å². The Labute approximate surface area is 133 Å². The number of methoxy groups -OCH3 is 1. The molecular formula is C16H17N3O4. The van der Waals surface area contributed by atoms with E-state index in [4.69, 9.17) is 0 Å². The molecule has 7 nitrogen and oxygen atoms in total. The van der Waals surface area contributed by atoms with Crippen molar-refractivity contribution in [1.82, 2.24) is 10.2 Å². The number of benzene rings is 1. The summed E-state index contributed by atoms with van der Waals surface area (Å²) in [7, 11) is 1.27. The standard InChI is InChI=1S/C16H17N3O4/c1-23-14(22)18-16(6-7-16)13(21)19-8-15(9-19)10-4-2-3-5-11(10)17-12(15)20/h2-5H,6-9H2,1H3,(H,17,20)(H,18,22). The maximum absolute atomic E-state index is 12.6. The molecule has 1 aromatic rings. The first-order valence-corrected chi connectivity index (χ1v) is 7.57. The molecular weight excluding hydrogens is 298 g/mol. The largest absolute Gasteiger partial charge is 0.453 e. The number of nitrogens with zero attached hydrogens (tertiary/aromatic N) is 1. The summed E-state index contributed by atoms with van der Waals surface area (Å²) in [5, 5.41) is 5.50. The van der Waals surface area contributed by atoms with Crippen molar-refractivity contribution in [3.05, 3.63) is 29.8 Å². The predicted octanol–water partition coefficient (Wildman–Crippen LogP) is 0.607. The van der Waals surface area contributed by atoms with E-state index >= 15 is 0 Å². The van der Waals surface area contributed by atoms with Gasteiger partial charge >= 0.3 is 6.09 Å². The molecule has 3 amide bonds. The maximum Gasteiger partial charge on any atom is 0.407 e. The monoisotopic (exact) mass is 315 g/mol. The second kappa shape index (κ2) is 4.47. The molecule has 1 aliphatic carbocycles. The fourth-order valence-electron chi connectivity index (χ4n) is 3.50. The van der Waals surface area contributed by atoms with E-state index in [0.717, 1.165) is 11.3 Å². The minimum absolute atomic E-state index is 0.0616. The molecule has 120 valence electrons. The molecule has 0 bridgehead atoms. The first-order valence-electron chi connectivity index (χ1n) is 7.57. The number of rotatable bonds is 2. The molecule has 0 radical (unpaired) electrons. The van der Waals surface area contributed by atoms with E-state index in [1.165, 1.54) is 7.11 Å². The van der Waals surface area contributed by atoms with Gasteiger partial charge in [-0.05, 0) is 24.5 Å². The number of carbonyl (C=O) groups is 3. The molecule has 1 saturated heterocycles. The van der Waals surface area contributed by atoms with Gasteiger partial charge in [-0.2, -0.15) is 0 Å². The second-order valence-electron chi connectivity index (χ2n) is 6.44. The van der Waals surface area contributed by atoms with E-state index in [0.29, 0.717) is 25.9 Å². The Morgan fingerprint density at radius 3 is 2.61 bits per heavy atom. The molecule has 2 fully saturated rings. The van der Waals surface area contributed by atoms with Gasteiger partial charge in [0.05, 0.1) is 7.11 Å². The van der Waals surface area contributed by atoms with Gasteiger partial charge in [-0.3, -0.25) is 9.59 Å². The lowest BCUT2D eigenvalue weighted by atomic mass is 9.74. The van der Waals surface area contributed by atoms with Crippen LogP contribution in [0.5, 0.6) is 0 Å². The third kappa shape index (κ3) is 1.85. The molecule has 2 N–H and O–H groups in total. The summed E-state index contributed by atoms with van der Waals surface area (Å²) in [6.45, 7) is 0.693. The summed E-state index contributed by atoms with van der Waals surface area (Å²) in [6.07, 6.45) is 0.607. The lowest BCUT2D eigenvalue weighted by Gasteiger charge is -2.47. The average molecular weight is 315 g/mol. The highest BCUT2D eigenvalue weighted by Gasteiger charge is 2.61. The van der Waals surface area contributed by atoms with Gasteiger partial charge in [0.2, 0.25) is 11.8 Å². The number of carbonyl (C=O) groups excluding carboxylic acids is 3. The lowest BCUT2D eigenvalue weighted by Crippen LogP contribution is -2.67. The van der Waals surface area contributed by atoms with Crippen LogP contribution in [0, 0.1) is 0 Å². The van der Waals surface area contributed by atoms with E-state index in [1.54, 1.807) is 4.90 Å². The SMILES string of the molecule is COC(=O)NC1(C(=O)N2CC3(C2)C(=O)Nc2ccccc23)CC1. The highest BCUT2D eigenvalue weighted by molar-refractivity contribution is 6.09. The lowest BCUT2D eigenvalue weighted by molar-refractivity contribution is -0.146. The number of hydrogen-bond donors (Lipinski definition) is 2. The van der Waals surface area contributed by atoms with Crippen LogP contribution in [0.3, 0.4) is 0 Å². The van der Waals surface area contributed by atoms with E-state index in [1.807, 2.05) is 24.3 Å². The minimum atomic E-state index is -0.844. The van der Waals surface area contributed by atoms with Crippen molar-refractivity contribution in [2.75, 3.05) is 25.5 Å². The van der Waals surface area contributed by atoms with Gasteiger partial charge in [0.1, 0.15) is 11.0 Å². The zero-order valence-electron chi connectivity index (χ0n) is 12.7. The van der Waals surface area contributed by atoms with Gasteiger partial charge in [-0.25, -0.2) is 4.79 Å². The van der Waals surface area contributed by atoms with Crippen LogP contribution in [0.2, 0.25) is 0 Å². The van der Waals surface area contributed by atoms with Gasteiger partial charge in [0.15, 0.2) is 0 Å². The molecule has 2 heterocycles. The second-order valence-corrected chi connectivity index (χ2v) is 6.44. The number of alkyl carbamates (subject to hydrolysis) is 1. The van der Waals surface area contributed by atoms with Crippen LogP contribution >= 0.6 is 0 Å². The summed E-state index contributed by atoms with van der Waals surface area (Å²) >= 11 is 0. The fourth-order valence-corrected chi connectivity index (χ4v) is 3.50. The van der Waals surface area contributed by atoms with Crippen LogP contribution in [0.1, 0.15) is 18.4 Å². The summed E-state index contributed by atoms with van der Waals surface area (Å²) < 4.78 is 4.58. The highest BCUT2D eigenvalue weighted by atomic mass is 16.5. The van der Waals surface area contributed by atoms with Gasteiger partial charge < -0.3 is 20.3 Å². The molecule has 1 spiro atoms. The van der Waals surface area contributed by atoms with E-state index in [9.17, 15) is 14.4 Å².